The monoisotopic (exact) mass is 405 g/mol. The van der Waals surface area contributed by atoms with Crippen LogP contribution in [-0.2, 0) is 9.53 Å². The Hall–Kier alpha value is -3.44. The van der Waals surface area contributed by atoms with Crippen LogP contribution < -0.4 is 11.1 Å². The molecule has 8 nitrogen and oxygen atoms in total. The van der Waals surface area contributed by atoms with E-state index in [0.29, 0.717) is 37.2 Å². The molecule has 8 heteroatoms. The van der Waals surface area contributed by atoms with Crippen LogP contribution in [0, 0.1) is 23.7 Å². The SMILES string of the molecule is CN1CCC(C#Cc2cccc(-c3ncc(NCC4COC4)c(C(N)=O)n3)c2)C1=O. The highest BCUT2D eigenvalue weighted by Crippen LogP contribution is 2.21. The topological polar surface area (TPSA) is 110 Å². The first-order valence-corrected chi connectivity index (χ1v) is 9.86. The molecule has 2 aliphatic rings. The Balaban J connectivity index is 1.55. The highest BCUT2D eigenvalue weighted by Gasteiger charge is 2.27. The van der Waals surface area contributed by atoms with Crippen LogP contribution in [0.1, 0.15) is 22.5 Å². The number of rotatable bonds is 5. The number of hydrogen-bond acceptors (Lipinski definition) is 6. The van der Waals surface area contributed by atoms with Crippen LogP contribution in [0.3, 0.4) is 0 Å². The van der Waals surface area contributed by atoms with Gasteiger partial charge in [-0.3, -0.25) is 9.59 Å². The van der Waals surface area contributed by atoms with Crippen molar-refractivity contribution in [2.24, 2.45) is 17.6 Å². The number of nitrogens with one attached hydrogen (secondary N) is 1. The number of likely N-dealkylation sites (tertiary alicyclic amines) is 1. The fraction of sp³-hybridized carbons (Fsp3) is 0.364. The first-order valence-electron chi connectivity index (χ1n) is 9.86. The average molecular weight is 405 g/mol. The maximum Gasteiger partial charge on any atom is 0.269 e. The molecule has 0 saturated carbocycles. The molecule has 3 N–H and O–H groups in total. The quantitative estimate of drug-likeness (QED) is 0.722. The molecule has 1 unspecified atom stereocenters. The van der Waals surface area contributed by atoms with E-state index < -0.39 is 5.91 Å². The number of amides is 2. The van der Waals surface area contributed by atoms with Gasteiger partial charge in [-0.05, 0) is 18.6 Å². The zero-order valence-corrected chi connectivity index (χ0v) is 16.7. The lowest BCUT2D eigenvalue weighted by molar-refractivity contribution is -0.128. The lowest BCUT2D eigenvalue weighted by atomic mass is 10.1. The third-order valence-corrected chi connectivity index (χ3v) is 5.25. The molecule has 2 saturated heterocycles. The van der Waals surface area contributed by atoms with E-state index in [0.717, 1.165) is 24.1 Å². The largest absolute Gasteiger partial charge is 0.381 e. The fourth-order valence-corrected chi connectivity index (χ4v) is 3.36. The number of nitrogens with zero attached hydrogens (tertiary/aromatic N) is 3. The van der Waals surface area contributed by atoms with E-state index in [1.807, 2.05) is 24.3 Å². The van der Waals surface area contributed by atoms with Crippen molar-refractivity contribution in [3.05, 3.63) is 41.7 Å². The Morgan fingerprint density at radius 2 is 2.23 bits per heavy atom. The number of anilines is 1. The molecular formula is C22H23N5O3. The predicted molar refractivity (Wildman–Crippen MR) is 111 cm³/mol. The second-order valence-corrected chi connectivity index (χ2v) is 7.56. The molecular weight excluding hydrogens is 382 g/mol. The maximum absolute atomic E-state index is 12.0. The summed E-state index contributed by atoms with van der Waals surface area (Å²) in [7, 11) is 1.79. The predicted octanol–water partition coefficient (Wildman–Crippen LogP) is 1.13. The van der Waals surface area contributed by atoms with Crippen molar-refractivity contribution in [1.29, 1.82) is 0 Å². The molecule has 30 heavy (non-hydrogen) atoms. The normalized spacial score (nSPS) is 18.5. The minimum atomic E-state index is -0.620. The zero-order valence-electron chi connectivity index (χ0n) is 16.7. The molecule has 0 spiro atoms. The van der Waals surface area contributed by atoms with Crippen LogP contribution in [0.25, 0.3) is 11.4 Å². The van der Waals surface area contributed by atoms with Gasteiger partial charge < -0.3 is 20.7 Å². The molecule has 2 aromatic rings. The van der Waals surface area contributed by atoms with Crippen LogP contribution in [0.2, 0.25) is 0 Å². The minimum absolute atomic E-state index is 0.0599. The Kier molecular flexibility index (Phi) is 5.63. The van der Waals surface area contributed by atoms with E-state index in [1.54, 1.807) is 18.1 Å². The fourth-order valence-electron chi connectivity index (χ4n) is 3.36. The van der Waals surface area contributed by atoms with E-state index in [1.165, 1.54) is 0 Å². The molecule has 2 aliphatic heterocycles. The number of aromatic nitrogens is 2. The molecule has 1 aromatic carbocycles. The zero-order chi connectivity index (χ0) is 21.1. The van der Waals surface area contributed by atoms with E-state index >= 15 is 0 Å². The van der Waals surface area contributed by atoms with Crippen LogP contribution in [0.5, 0.6) is 0 Å². The van der Waals surface area contributed by atoms with Crippen LogP contribution >= 0.6 is 0 Å². The van der Waals surface area contributed by atoms with Gasteiger partial charge in [0.25, 0.3) is 5.91 Å². The number of nitrogens with two attached hydrogens (primary N) is 1. The van der Waals surface area contributed by atoms with Gasteiger partial charge in [-0.15, -0.1) is 0 Å². The number of carbonyl (C=O) groups excluding carboxylic acids is 2. The van der Waals surface area contributed by atoms with Crippen molar-refractivity contribution in [3.63, 3.8) is 0 Å². The van der Waals surface area contributed by atoms with Crippen molar-refractivity contribution in [3.8, 4) is 23.2 Å². The summed E-state index contributed by atoms with van der Waals surface area (Å²) in [6, 6.07) is 7.40. The van der Waals surface area contributed by atoms with Crippen molar-refractivity contribution >= 4 is 17.5 Å². The standard InChI is InChI=1S/C22H23N5O3/c1-27-8-7-16(22(27)29)6-5-14-3-2-4-17(9-14)21-25-11-18(19(26-21)20(23)28)24-10-15-12-30-13-15/h2-4,9,11,15-16,24H,7-8,10,12-13H2,1H3,(H2,23,28). The Morgan fingerprint density at radius 1 is 1.40 bits per heavy atom. The molecule has 0 bridgehead atoms. The van der Waals surface area contributed by atoms with Crippen molar-refractivity contribution < 1.29 is 14.3 Å². The van der Waals surface area contributed by atoms with E-state index in [9.17, 15) is 9.59 Å². The lowest BCUT2D eigenvalue weighted by Crippen LogP contribution is -2.34. The summed E-state index contributed by atoms with van der Waals surface area (Å²) < 4.78 is 5.16. The third-order valence-electron chi connectivity index (χ3n) is 5.25. The summed E-state index contributed by atoms with van der Waals surface area (Å²) in [5, 5.41) is 3.18. The van der Waals surface area contributed by atoms with Gasteiger partial charge in [0, 0.05) is 37.2 Å². The highest BCUT2D eigenvalue weighted by atomic mass is 16.5. The molecule has 1 aromatic heterocycles. The van der Waals surface area contributed by atoms with Crippen LogP contribution in [0.4, 0.5) is 5.69 Å². The second-order valence-electron chi connectivity index (χ2n) is 7.56. The van der Waals surface area contributed by atoms with Gasteiger partial charge in [-0.1, -0.05) is 24.0 Å². The highest BCUT2D eigenvalue weighted by molar-refractivity contribution is 5.96. The van der Waals surface area contributed by atoms with Gasteiger partial charge in [0.1, 0.15) is 5.92 Å². The minimum Gasteiger partial charge on any atom is -0.381 e. The van der Waals surface area contributed by atoms with Gasteiger partial charge in [-0.2, -0.15) is 0 Å². The van der Waals surface area contributed by atoms with Gasteiger partial charge in [-0.25, -0.2) is 9.97 Å². The van der Waals surface area contributed by atoms with Gasteiger partial charge in [0.15, 0.2) is 11.5 Å². The van der Waals surface area contributed by atoms with Gasteiger partial charge in [0.05, 0.1) is 25.1 Å². The summed E-state index contributed by atoms with van der Waals surface area (Å²) >= 11 is 0. The van der Waals surface area contributed by atoms with Crippen LogP contribution in [0.15, 0.2) is 30.5 Å². The smallest absolute Gasteiger partial charge is 0.269 e. The van der Waals surface area contributed by atoms with E-state index in [4.69, 9.17) is 10.5 Å². The summed E-state index contributed by atoms with van der Waals surface area (Å²) in [5.74, 6) is 6.11. The molecule has 2 amide bonds. The van der Waals surface area contributed by atoms with Gasteiger partial charge >= 0.3 is 0 Å². The second kappa shape index (κ2) is 8.51. The van der Waals surface area contributed by atoms with Gasteiger partial charge in [0.2, 0.25) is 5.91 Å². The number of ether oxygens (including phenoxy) is 1. The number of hydrogen-bond donors (Lipinski definition) is 2. The molecule has 1 atom stereocenters. The molecule has 0 aliphatic carbocycles. The lowest BCUT2D eigenvalue weighted by Gasteiger charge is -2.26. The number of primary amides is 1. The maximum atomic E-state index is 12.0. The summed E-state index contributed by atoms with van der Waals surface area (Å²) in [6.45, 7) is 2.81. The molecule has 154 valence electrons. The van der Waals surface area contributed by atoms with Crippen molar-refractivity contribution in [2.75, 3.05) is 38.7 Å². The van der Waals surface area contributed by atoms with Crippen molar-refractivity contribution in [2.45, 2.75) is 6.42 Å². The van der Waals surface area contributed by atoms with Crippen LogP contribution in [-0.4, -0.2) is 60.0 Å². The van der Waals surface area contributed by atoms with E-state index in [-0.39, 0.29) is 17.5 Å². The summed E-state index contributed by atoms with van der Waals surface area (Å²) in [5.41, 5.74) is 7.67. The first-order chi connectivity index (χ1) is 14.5. The summed E-state index contributed by atoms with van der Waals surface area (Å²) in [6.07, 6.45) is 2.32. The van der Waals surface area contributed by atoms with Crippen molar-refractivity contribution in [1.82, 2.24) is 14.9 Å². The molecule has 0 radical (unpaired) electrons. The first kappa shape index (κ1) is 19.9. The molecule has 4 rings (SSSR count). The number of carbonyl (C=O) groups is 2. The molecule has 2 fully saturated rings. The summed E-state index contributed by atoms with van der Waals surface area (Å²) in [4.78, 5) is 34.4. The molecule has 3 heterocycles. The third kappa shape index (κ3) is 4.26. The van der Waals surface area contributed by atoms with E-state index in [2.05, 4.69) is 27.1 Å². The number of benzene rings is 1. The Labute approximate surface area is 174 Å². The Bertz CT molecular complexity index is 1040. The average Bonchev–Trinajstić information content (AvgIpc) is 3.03. The Morgan fingerprint density at radius 3 is 2.90 bits per heavy atom.